The normalized spacial score (nSPS) is 17.9. The third kappa shape index (κ3) is 3.73. The van der Waals surface area contributed by atoms with E-state index >= 15 is 0 Å². The van der Waals surface area contributed by atoms with E-state index in [1.165, 1.54) is 0 Å². The predicted octanol–water partition coefficient (Wildman–Crippen LogP) is 4.14. The lowest BCUT2D eigenvalue weighted by atomic mass is 9.99. The Kier molecular flexibility index (Phi) is 4.82. The number of halogens is 3. The number of aromatic nitrogens is 5. The maximum absolute atomic E-state index is 12.8. The number of hydrogen-bond donors (Lipinski definition) is 0. The Morgan fingerprint density at radius 2 is 1.89 bits per heavy atom. The molecule has 0 spiro atoms. The maximum Gasteiger partial charge on any atom is 0.434 e. The number of piperidine rings is 1. The first kappa shape index (κ1) is 18.9. The fraction of sp³-hybridized carbons (Fsp3) is 0.444. The Labute approximate surface area is 164 Å². The minimum atomic E-state index is -4.40. The first-order chi connectivity index (χ1) is 13.3. The Morgan fingerprint density at radius 3 is 2.50 bits per heavy atom. The number of thiazole rings is 1. The van der Waals surface area contributed by atoms with E-state index in [0.717, 1.165) is 47.5 Å². The SMILES string of the molecule is Cc1cc(C)n(-c2ccc(N3CCCC(c4nc(C(F)(F)F)cs4)C3)nn2)n1. The van der Waals surface area contributed by atoms with E-state index in [9.17, 15) is 13.2 Å². The van der Waals surface area contributed by atoms with Crippen LogP contribution in [0.4, 0.5) is 19.0 Å². The predicted molar refractivity (Wildman–Crippen MR) is 99.9 cm³/mol. The van der Waals surface area contributed by atoms with Gasteiger partial charge in [0.25, 0.3) is 0 Å². The highest BCUT2D eigenvalue weighted by Gasteiger charge is 2.35. The van der Waals surface area contributed by atoms with E-state index in [1.807, 2.05) is 32.0 Å². The van der Waals surface area contributed by atoms with Crippen LogP contribution in [0, 0.1) is 13.8 Å². The molecule has 28 heavy (non-hydrogen) atoms. The van der Waals surface area contributed by atoms with Crippen molar-refractivity contribution in [2.75, 3.05) is 18.0 Å². The number of hydrogen-bond acceptors (Lipinski definition) is 6. The highest BCUT2D eigenvalue weighted by atomic mass is 32.1. The lowest BCUT2D eigenvalue weighted by Gasteiger charge is -2.32. The van der Waals surface area contributed by atoms with E-state index in [2.05, 4.69) is 25.2 Å². The molecule has 6 nitrogen and oxygen atoms in total. The van der Waals surface area contributed by atoms with Gasteiger partial charge in [0.05, 0.1) is 10.7 Å². The Bertz CT molecular complexity index is 963. The van der Waals surface area contributed by atoms with E-state index in [1.54, 1.807) is 4.68 Å². The molecule has 0 radical (unpaired) electrons. The van der Waals surface area contributed by atoms with Gasteiger partial charge in [0.2, 0.25) is 0 Å². The van der Waals surface area contributed by atoms with Crippen molar-refractivity contribution in [2.45, 2.75) is 38.8 Å². The van der Waals surface area contributed by atoms with Gasteiger partial charge in [-0.05, 0) is 44.9 Å². The molecule has 148 valence electrons. The molecule has 0 bridgehead atoms. The molecule has 1 aliphatic rings. The second-order valence-corrected chi connectivity index (χ2v) is 7.83. The van der Waals surface area contributed by atoms with Gasteiger partial charge in [-0.3, -0.25) is 0 Å². The minimum Gasteiger partial charge on any atom is -0.354 e. The molecule has 0 saturated carbocycles. The van der Waals surface area contributed by atoms with Crippen LogP contribution in [0.15, 0.2) is 23.6 Å². The van der Waals surface area contributed by atoms with Crippen LogP contribution in [0.25, 0.3) is 5.82 Å². The summed E-state index contributed by atoms with van der Waals surface area (Å²) in [5, 5.41) is 14.6. The van der Waals surface area contributed by atoms with Gasteiger partial charge < -0.3 is 4.90 Å². The molecule has 0 N–H and O–H groups in total. The molecule has 4 rings (SSSR count). The van der Waals surface area contributed by atoms with Crippen LogP contribution in [0.2, 0.25) is 0 Å². The third-order valence-electron chi connectivity index (χ3n) is 4.77. The summed E-state index contributed by atoms with van der Waals surface area (Å²) in [5.74, 6) is 1.31. The number of rotatable bonds is 3. The minimum absolute atomic E-state index is 0.0349. The summed E-state index contributed by atoms with van der Waals surface area (Å²) in [5.41, 5.74) is 1.07. The van der Waals surface area contributed by atoms with Gasteiger partial charge in [-0.2, -0.15) is 18.3 Å². The van der Waals surface area contributed by atoms with Gasteiger partial charge in [-0.25, -0.2) is 9.67 Å². The Hall–Kier alpha value is -2.49. The average molecular weight is 408 g/mol. The van der Waals surface area contributed by atoms with Crippen molar-refractivity contribution < 1.29 is 13.2 Å². The average Bonchev–Trinajstić information content (AvgIpc) is 3.29. The van der Waals surface area contributed by atoms with Crippen LogP contribution in [0.3, 0.4) is 0 Å². The second-order valence-electron chi connectivity index (χ2n) is 6.94. The number of anilines is 1. The maximum atomic E-state index is 12.8. The summed E-state index contributed by atoms with van der Waals surface area (Å²) in [6.07, 6.45) is -2.71. The molecule has 10 heteroatoms. The topological polar surface area (TPSA) is 59.7 Å². The highest BCUT2D eigenvalue weighted by molar-refractivity contribution is 7.09. The molecule has 4 heterocycles. The Balaban J connectivity index is 1.50. The number of aryl methyl sites for hydroxylation is 2. The summed E-state index contributed by atoms with van der Waals surface area (Å²) < 4.78 is 40.2. The summed E-state index contributed by atoms with van der Waals surface area (Å²) in [6, 6.07) is 5.70. The first-order valence-corrected chi connectivity index (χ1v) is 9.84. The van der Waals surface area contributed by atoms with Crippen molar-refractivity contribution in [2.24, 2.45) is 0 Å². The van der Waals surface area contributed by atoms with Crippen molar-refractivity contribution in [3.63, 3.8) is 0 Å². The van der Waals surface area contributed by atoms with Gasteiger partial charge >= 0.3 is 6.18 Å². The van der Waals surface area contributed by atoms with Crippen molar-refractivity contribution in [3.8, 4) is 5.82 Å². The summed E-state index contributed by atoms with van der Waals surface area (Å²) in [7, 11) is 0. The largest absolute Gasteiger partial charge is 0.434 e. The van der Waals surface area contributed by atoms with Gasteiger partial charge in [-0.15, -0.1) is 21.5 Å². The van der Waals surface area contributed by atoms with Crippen LogP contribution >= 0.6 is 11.3 Å². The molecule has 1 fully saturated rings. The summed E-state index contributed by atoms with van der Waals surface area (Å²) >= 11 is 1.08. The number of alkyl halides is 3. The molecule has 3 aromatic heterocycles. The fourth-order valence-electron chi connectivity index (χ4n) is 3.45. The van der Waals surface area contributed by atoms with Gasteiger partial charge in [0.1, 0.15) is 0 Å². The zero-order valence-electron chi connectivity index (χ0n) is 15.4. The lowest BCUT2D eigenvalue weighted by Crippen LogP contribution is -2.35. The third-order valence-corrected chi connectivity index (χ3v) is 5.78. The van der Waals surface area contributed by atoms with Crippen LogP contribution < -0.4 is 4.90 Å². The van der Waals surface area contributed by atoms with E-state index < -0.39 is 11.9 Å². The second kappa shape index (κ2) is 7.16. The van der Waals surface area contributed by atoms with Crippen LogP contribution in [0.5, 0.6) is 0 Å². The lowest BCUT2D eigenvalue weighted by molar-refractivity contribution is -0.140. The van der Waals surface area contributed by atoms with E-state index in [0.29, 0.717) is 23.2 Å². The van der Waals surface area contributed by atoms with Crippen molar-refractivity contribution in [3.05, 3.63) is 45.7 Å². The quantitative estimate of drug-likeness (QED) is 0.652. The summed E-state index contributed by atoms with van der Waals surface area (Å²) in [4.78, 5) is 5.87. The van der Waals surface area contributed by atoms with Crippen molar-refractivity contribution >= 4 is 17.2 Å². The zero-order chi connectivity index (χ0) is 19.9. The standard InChI is InChI=1S/C18H19F3N6S/c1-11-8-12(2)27(25-11)16-6-5-15(23-24-16)26-7-3-4-13(9-26)17-22-14(10-28-17)18(19,20)21/h5-6,8,10,13H,3-4,7,9H2,1-2H3. The van der Waals surface area contributed by atoms with Crippen molar-refractivity contribution in [1.29, 1.82) is 0 Å². The van der Waals surface area contributed by atoms with Crippen LogP contribution in [-0.4, -0.2) is 38.1 Å². The molecule has 1 saturated heterocycles. The smallest absolute Gasteiger partial charge is 0.354 e. The molecule has 0 aromatic carbocycles. The molecular weight excluding hydrogens is 389 g/mol. The monoisotopic (exact) mass is 408 g/mol. The molecule has 3 aromatic rings. The molecule has 0 aliphatic carbocycles. The summed E-state index contributed by atoms with van der Waals surface area (Å²) in [6.45, 7) is 5.25. The first-order valence-electron chi connectivity index (χ1n) is 8.96. The van der Waals surface area contributed by atoms with E-state index in [4.69, 9.17) is 0 Å². The van der Waals surface area contributed by atoms with Crippen molar-refractivity contribution in [1.82, 2.24) is 25.0 Å². The number of nitrogens with zero attached hydrogens (tertiary/aromatic N) is 6. The Morgan fingerprint density at radius 1 is 1.14 bits per heavy atom. The molecule has 1 atom stereocenters. The molecule has 1 unspecified atom stereocenters. The molecule has 1 aliphatic heterocycles. The molecule has 0 amide bonds. The zero-order valence-corrected chi connectivity index (χ0v) is 16.3. The van der Waals surface area contributed by atoms with Crippen LogP contribution in [0.1, 0.15) is 40.8 Å². The fourth-order valence-corrected chi connectivity index (χ4v) is 4.41. The van der Waals surface area contributed by atoms with Gasteiger partial charge in [0.15, 0.2) is 17.3 Å². The molecular formula is C18H19F3N6S. The van der Waals surface area contributed by atoms with Gasteiger partial charge in [0, 0.05) is 30.1 Å². The van der Waals surface area contributed by atoms with E-state index in [-0.39, 0.29) is 5.92 Å². The van der Waals surface area contributed by atoms with Gasteiger partial charge in [-0.1, -0.05) is 0 Å². The van der Waals surface area contributed by atoms with Crippen LogP contribution in [-0.2, 0) is 6.18 Å². The highest BCUT2D eigenvalue weighted by Crippen LogP contribution is 2.35.